The Hall–Kier alpha value is -2.32. The van der Waals surface area contributed by atoms with Crippen molar-refractivity contribution in [1.29, 1.82) is 0 Å². The first-order chi connectivity index (χ1) is 12.9. The number of phenolic OH excluding ortho intramolecular Hbond substituents is 1. The van der Waals surface area contributed by atoms with Gasteiger partial charge in [0.15, 0.2) is 5.82 Å². The molecule has 3 aromatic rings. The molecule has 1 unspecified atom stereocenters. The van der Waals surface area contributed by atoms with E-state index in [1.807, 2.05) is 23.6 Å². The first-order valence-electron chi connectivity index (χ1n) is 8.35. The molecule has 4 rings (SSSR count). The zero-order valence-corrected chi connectivity index (χ0v) is 16.7. The molecule has 1 aliphatic rings. The van der Waals surface area contributed by atoms with Crippen LogP contribution in [-0.4, -0.2) is 18.1 Å². The molecule has 0 fully saturated rings. The second-order valence-electron chi connectivity index (χ2n) is 6.25. The molecule has 0 saturated heterocycles. The standard InChI is InChI=1S/C19H16BrFN2O3S/c1-2-15-16-4-3-11-22(16)17-10-9-14(20)18(21)19(17)23(15)27(25,26)13-7-5-12(24)6-8-13/h3-11,15,24H,2H2,1H3. The number of halogens is 2. The Morgan fingerprint density at radius 3 is 2.52 bits per heavy atom. The quantitative estimate of drug-likeness (QED) is 0.626. The van der Waals surface area contributed by atoms with E-state index in [0.29, 0.717) is 12.1 Å². The molecule has 2 aromatic carbocycles. The summed E-state index contributed by atoms with van der Waals surface area (Å²) in [5, 5.41) is 9.49. The molecule has 1 N–H and O–H groups in total. The SMILES string of the molecule is CCC1c2cccn2-c2ccc(Br)c(F)c2N1S(=O)(=O)c1ccc(O)cc1. The molecule has 0 spiro atoms. The molecule has 140 valence electrons. The largest absolute Gasteiger partial charge is 0.508 e. The van der Waals surface area contributed by atoms with Crippen molar-refractivity contribution in [1.82, 2.24) is 4.57 Å². The normalized spacial score (nSPS) is 16.1. The van der Waals surface area contributed by atoms with E-state index in [1.165, 1.54) is 24.3 Å². The summed E-state index contributed by atoms with van der Waals surface area (Å²) in [6, 6.07) is 11.6. The van der Waals surface area contributed by atoms with Gasteiger partial charge in [-0.1, -0.05) is 6.92 Å². The molecule has 5 nitrogen and oxygen atoms in total. The molecule has 1 atom stereocenters. The third-order valence-corrected chi connectivity index (χ3v) is 7.15. The Balaban J connectivity index is 2.03. The van der Waals surface area contributed by atoms with Gasteiger partial charge in [-0.05, 0) is 70.9 Å². The number of rotatable bonds is 3. The van der Waals surface area contributed by atoms with Crippen molar-refractivity contribution in [3.8, 4) is 11.4 Å². The fourth-order valence-electron chi connectivity index (χ4n) is 3.49. The van der Waals surface area contributed by atoms with Gasteiger partial charge in [0.1, 0.15) is 11.4 Å². The van der Waals surface area contributed by atoms with Crippen LogP contribution in [-0.2, 0) is 10.0 Å². The van der Waals surface area contributed by atoms with Crippen LogP contribution in [0.5, 0.6) is 5.75 Å². The molecule has 0 bridgehead atoms. The average Bonchev–Trinajstić information content (AvgIpc) is 3.13. The maximum absolute atomic E-state index is 15.1. The summed E-state index contributed by atoms with van der Waals surface area (Å²) in [4.78, 5) is -0.0101. The first kappa shape index (κ1) is 18.1. The topological polar surface area (TPSA) is 62.5 Å². The van der Waals surface area contributed by atoms with Gasteiger partial charge in [-0.2, -0.15) is 0 Å². The van der Waals surface area contributed by atoms with Gasteiger partial charge in [0.2, 0.25) is 0 Å². The summed E-state index contributed by atoms with van der Waals surface area (Å²) in [6.07, 6.45) is 2.27. The zero-order valence-electron chi connectivity index (χ0n) is 14.3. The highest BCUT2D eigenvalue weighted by Crippen LogP contribution is 2.46. The van der Waals surface area contributed by atoms with Crippen LogP contribution in [0.3, 0.4) is 0 Å². The van der Waals surface area contributed by atoms with Crippen molar-refractivity contribution in [2.75, 3.05) is 4.31 Å². The van der Waals surface area contributed by atoms with E-state index < -0.39 is 21.9 Å². The summed E-state index contributed by atoms with van der Waals surface area (Å²) in [5.41, 5.74) is 1.24. The summed E-state index contributed by atoms with van der Waals surface area (Å²) in [5.74, 6) is -0.671. The minimum atomic E-state index is -4.07. The number of phenols is 1. The lowest BCUT2D eigenvalue weighted by Crippen LogP contribution is -2.39. The highest BCUT2D eigenvalue weighted by molar-refractivity contribution is 9.10. The Morgan fingerprint density at radius 2 is 1.85 bits per heavy atom. The number of fused-ring (bicyclic) bond motifs is 3. The van der Waals surface area contributed by atoms with Crippen molar-refractivity contribution in [2.24, 2.45) is 0 Å². The molecular weight excluding hydrogens is 435 g/mol. The van der Waals surface area contributed by atoms with E-state index in [4.69, 9.17) is 0 Å². The fraction of sp³-hybridized carbons (Fsp3) is 0.158. The monoisotopic (exact) mass is 450 g/mol. The second kappa shape index (κ2) is 6.38. The lowest BCUT2D eigenvalue weighted by molar-refractivity contribution is 0.474. The van der Waals surface area contributed by atoms with Crippen LogP contribution in [0.15, 0.2) is 64.1 Å². The lowest BCUT2D eigenvalue weighted by Gasteiger charge is -2.38. The van der Waals surface area contributed by atoms with Crippen LogP contribution >= 0.6 is 15.9 Å². The Kier molecular flexibility index (Phi) is 4.27. The number of hydrogen-bond acceptors (Lipinski definition) is 3. The molecule has 0 amide bonds. The van der Waals surface area contributed by atoms with Crippen LogP contribution in [0, 0.1) is 5.82 Å². The summed E-state index contributed by atoms with van der Waals surface area (Å²) >= 11 is 3.17. The maximum atomic E-state index is 15.1. The van der Waals surface area contributed by atoms with E-state index >= 15 is 4.39 Å². The number of nitrogens with zero attached hydrogens (tertiary/aromatic N) is 2. The van der Waals surface area contributed by atoms with Gasteiger partial charge in [-0.25, -0.2) is 12.8 Å². The maximum Gasteiger partial charge on any atom is 0.265 e. The number of hydrogen-bond donors (Lipinski definition) is 1. The van der Waals surface area contributed by atoms with Crippen LogP contribution < -0.4 is 4.31 Å². The Bertz CT molecular complexity index is 1130. The predicted octanol–water partition coefficient (Wildman–Crippen LogP) is 4.74. The van der Waals surface area contributed by atoms with Crippen LogP contribution in [0.25, 0.3) is 5.69 Å². The minimum absolute atomic E-state index is 0.00741. The number of aromatic hydroxyl groups is 1. The Labute approximate surface area is 164 Å². The van der Waals surface area contributed by atoms with Gasteiger partial charge in [-0.3, -0.25) is 4.31 Å². The smallest absolute Gasteiger partial charge is 0.265 e. The van der Waals surface area contributed by atoms with Crippen LogP contribution in [0.4, 0.5) is 10.1 Å². The third kappa shape index (κ3) is 2.66. The van der Waals surface area contributed by atoms with Crippen molar-refractivity contribution >= 4 is 31.6 Å². The van der Waals surface area contributed by atoms with Gasteiger partial charge in [0.05, 0.1) is 21.1 Å². The van der Waals surface area contributed by atoms with Gasteiger partial charge >= 0.3 is 0 Å². The predicted molar refractivity (Wildman–Crippen MR) is 104 cm³/mol. The second-order valence-corrected chi connectivity index (χ2v) is 8.92. The molecule has 0 radical (unpaired) electrons. The highest BCUT2D eigenvalue weighted by Gasteiger charge is 2.40. The highest BCUT2D eigenvalue weighted by atomic mass is 79.9. The zero-order chi connectivity index (χ0) is 19.3. The van der Waals surface area contributed by atoms with Gasteiger partial charge < -0.3 is 9.67 Å². The molecule has 0 aliphatic carbocycles. The van der Waals surface area contributed by atoms with Crippen molar-refractivity contribution < 1.29 is 17.9 Å². The fourth-order valence-corrected chi connectivity index (χ4v) is 5.52. The van der Waals surface area contributed by atoms with Crippen molar-refractivity contribution in [2.45, 2.75) is 24.3 Å². The first-order valence-corrected chi connectivity index (χ1v) is 10.6. The number of anilines is 1. The van der Waals surface area contributed by atoms with Crippen LogP contribution in [0.2, 0.25) is 0 Å². The Morgan fingerprint density at radius 1 is 1.15 bits per heavy atom. The summed E-state index contributed by atoms with van der Waals surface area (Å²) in [7, 11) is -4.07. The molecule has 1 aliphatic heterocycles. The van der Waals surface area contributed by atoms with Crippen LogP contribution in [0.1, 0.15) is 25.1 Å². The van der Waals surface area contributed by atoms with E-state index in [2.05, 4.69) is 15.9 Å². The van der Waals surface area contributed by atoms with Gasteiger partial charge in [-0.15, -0.1) is 0 Å². The molecule has 1 aromatic heterocycles. The molecule has 27 heavy (non-hydrogen) atoms. The summed E-state index contributed by atoms with van der Waals surface area (Å²) in [6.45, 7) is 1.86. The third-order valence-electron chi connectivity index (χ3n) is 4.71. The summed E-state index contributed by atoms with van der Waals surface area (Å²) < 4.78 is 45.3. The number of aromatic nitrogens is 1. The molecule has 2 heterocycles. The van der Waals surface area contributed by atoms with E-state index in [9.17, 15) is 13.5 Å². The van der Waals surface area contributed by atoms with E-state index in [0.717, 1.165) is 10.00 Å². The number of benzene rings is 2. The van der Waals surface area contributed by atoms with Gasteiger partial charge in [0.25, 0.3) is 10.0 Å². The van der Waals surface area contributed by atoms with E-state index in [-0.39, 0.29) is 20.8 Å². The molecular formula is C19H16BrFN2O3S. The van der Waals surface area contributed by atoms with Gasteiger partial charge in [0, 0.05) is 11.9 Å². The lowest BCUT2D eigenvalue weighted by atomic mass is 10.1. The van der Waals surface area contributed by atoms with Crippen molar-refractivity contribution in [3.63, 3.8) is 0 Å². The van der Waals surface area contributed by atoms with E-state index in [1.54, 1.807) is 18.3 Å². The molecule has 0 saturated carbocycles. The average molecular weight is 451 g/mol. The minimum Gasteiger partial charge on any atom is -0.508 e. The molecule has 8 heteroatoms. The number of sulfonamides is 1. The van der Waals surface area contributed by atoms with Crippen molar-refractivity contribution in [3.05, 3.63) is 70.7 Å².